The second-order valence-corrected chi connectivity index (χ2v) is 1.94. The number of likely N-dealkylation sites (tertiary alicyclic amines) is 1. The number of guanidine groups is 1. The Kier molecular flexibility index (Phi) is 1.09. The highest BCUT2D eigenvalue weighted by molar-refractivity contribution is 5.75. The summed E-state index contributed by atoms with van der Waals surface area (Å²) in [5.41, 5.74) is 5.06. The van der Waals surface area contributed by atoms with Gasteiger partial charge in [0, 0.05) is 13.1 Å². The van der Waals surface area contributed by atoms with Gasteiger partial charge in [-0.1, -0.05) is 0 Å². The quantitative estimate of drug-likeness (QED) is 0.267. The third-order valence-corrected chi connectivity index (χ3v) is 1.20. The Hall–Kier alpha value is -0.770. The smallest absolute Gasteiger partial charge is 0.188 e. The lowest BCUT2D eigenvalue weighted by Crippen LogP contribution is -2.55. The molecule has 46 valence electrons. The van der Waals surface area contributed by atoms with Crippen molar-refractivity contribution in [2.45, 2.75) is 6.10 Å². The van der Waals surface area contributed by atoms with E-state index in [1.807, 2.05) is 0 Å². The lowest BCUT2D eigenvalue weighted by Gasteiger charge is -2.35. The molecular weight excluding hydrogens is 106 g/mol. The van der Waals surface area contributed by atoms with Crippen molar-refractivity contribution in [2.24, 2.45) is 5.73 Å². The van der Waals surface area contributed by atoms with Gasteiger partial charge in [-0.25, -0.2) is 0 Å². The molecule has 0 bridgehead atoms. The first-order chi connectivity index (χ1) is 3.70. The van der Waals surface area contributed by atoms with Gasteiger partial charge in [-0.2, -0.15) is 0 Å². The summed E-state index contributed by atoms with van der Waals surface area (Å²) in [5, 5.41) is 15.5. The van der Waals surface area contributed by atoms with Crippen LogP contribution in [0, 0.1) is 5.41 Å². The number of aliphatic hydroxyl groups is 1. The molecule has 1 aliphatic rings. The number of nitrogens with one attached hydrogen (secondary N) is 1. The molecule has 0 amide bonds. The van der Waals surface area contributed by atoms with E-state index < -0.39 is 0 Å². The van der Waals surface area contributed by atoms with Crippen LogP contribution in [0.3, 0.4) is 0 Å². The Bertz CT molecular complexity index is 108. The van der Waals surface area contributed by atoms with Gasteiger partial charge in [-0.15, -0.1) is 0 Å². The Morgan fingerprint density at radius 3 is 2.38 bits per heavy atom. The molecule has 0 spiro atoms. The van der Waals surface area contributed by atoms with Crippen LogP contribution in [0.5, 0.6) is 0 Å². The topological polar surface area (TPSA) is 73.3 Å². The second-order valence-electron chi connectivity index (χ2n) is 1.94. The van der Waals surface area contributed by atoms with E-state index in [-0.39, 0.29) is 12.1 Å². The number of rotatable bonds is 0. The minimum atomic E-state index is -0.265. The van der Waals surface area contributed by atoms with Crippen LogP contribution < -0.4 is 5.73 Å². The largest absolute Gasteiger partial charge is 0.389 e. The molecule has 1 rings (SSSR count). The molecule has 1 fully saturated rings. The third kappa shape index (κ3) is 0.742. The second kappa shape index (κ2) is 1.63. The van der Waals surface area contributed by atoms with Crippen molar-refractivity contribution < 1.29 is 5.11 Å². The first-order valence-corrected chi connectivity index (χ1v) is 2.47. The molecule has 0 saturated carbocycles. The number of nitrogens with zero attached hydrogens (tertiary/aromatic N) is 1. The van der Waals surface area contributed by atoms with E-state index >= 15 is 0 Å². The number of aliphatic hydroxyl groups excluding tert-OH is 1. The van der Waals surface area contributed by atoms with Gasteiger partial charge < -0.3 is 15.7 Å². The average Bonchev–Trinajstić information content (AvgIpc) is 1.57. The highest BCUT2D eigenvalue weighted by Gasteiger charge is 2.24. The third-order valence-electron chi connectivity index (χ3n) is 1.20. The van der Waals surface area contributed by atoms with Crippen LogP contribution in [0.15, 0.2) is 0 Å². The summed E-state index contributed by atoms with van der Waals surface area (Å²) in [7, 11) is 0. The van der Waals surface area contributed by atoms with Gasteiger partial charge in [-0.05, 0) is 0 Å². The predicted octanol–water partition coefficient (Wildman–Crippen LogP) is -1.44. The van der Waals surface area contributed by atoms with E-state index in [1.54, 1.807) is 4.90 Å². The Morgan fingerprint density at radius 1 is 1.75 bits per heavy atom. The van der Waals surface area contributed by atoms with Crippen LogP contribution in [0.4, 0.5) is 0 Å². The molecule has 0 radical (unpaired) electrons. The number of β-amino-alcohol motifs (C(OH)–C–C–N with tert-alkyl or cyclic N) is 1. The summed E-state index contributed by atoms with van der Waals surface area (Å²) < 4.78 is 0. The lowest BCUT2D eigenvalue weighted by molar-refractivity contribution is 0.0453. The first kappa shape index (κ1) is 5.37. The van der Waals surface area contributed by atoms with Gasteiger partial charge in [0.15, 0.2) is 5.96 Å². The minimum Gasteiger partial charge on any atom is -0.389 e. The first-order valence-electron chi connectivity index (χ1n) is 2.47. The van der Waals surface area contributed by atoms with E-state index in [0.29, 0.717) is 13.1 Å². The summed E-state index contributed by atoms with van der Waals surface area (Å²) in [5.74, 6) is 0.0512. The fraction of sp³-hybridized carbons (Fsp3) is 0.750. The molecule has 0 aromatic rings. The van der Waals surface area contributed by atoms with Crippen LogP contribution in [0.1, 0.15) is 0 Å². The van der Waals surface area contributed by atoms with Crippen LogP contribution in [0.2, 0.25) is 0 Å². The standard InChI is InChI=1S/C4H9N3O/c5-4(6)7-1-3(8)2-7/h3,8H,1-2H2,(H3,5,6). The van der Waals surface area contributed by atoms with E-state index in [1.165, 1.54) is 0 Å². The van der Waals surface area contributed by atoms with Crippen LogP contribution >= 0.6 is 0 Å². The summed E-state index contributed by atoms with van der Waals surface area (Å²) in [4.78, 5) is 1.60. The molecule has 4 nitrogen and oxygen atoms in total. The number of nitrogens with two attached hydrogens (primary N) is 1. The zero-order valence-corrected chi connectivity index (χ0v) is 4.46. The fourth-order valence-electron chi connectivity index (χ4n) is 0.652. The highest BCUT2D eigenvalue weighted by atomic mass is 16.3. The maximum Gasteiger partial charge on any atom is 0.188 e. The monoisotopic (exact) mass is 115 g/mol. The molecule has 0 atom stereocenters. The molecule has 4 heteroatoms. The van der Waals surface area contributed by atoms with E-state index in [2.05, 4.69) is 0 Å². The van der Waals surface area contributed by atoms with Gasteiger partial charge in [0.2, 0.25) is 0 Å². The van der Waals surface area contributed by atoms with E-state index in [9.17, 15) is 0 Å². The van der Waals surface area contributed by atoms with Gasteiger partial charge >= 0.3 is 0 Å². The van der Waals surface area contributed by atoms with Crippen molar-refractivity contribution in [2.75, 3.05) is 13.1 Å². The van der Waals surface area contributed by atoms with Crippen molar-refractivity contribution >= 4 is 5.96 Å². The van der Waals surface area contributed by atoms with Crippen molar-refractivity contribution in [1.82, 2.24) is 4.90 Å². The molecule has 8 heavy (non-hydrogen) atoms. The van der Waals surface area contributed by atoms with Crippen LogP contribution in [-0.2, 0) is 0 Å². The normalized spacial score (nSPS) is 20.4. The van der Waals surface area contributed by atoms with Gasteiger partial charge in [0.05, 0.1) is 6.10 Å². The molecule has 1 heterocycles. The molecular formula is C4H9N3O. The fourth-order valence-corrected chi connectivity index (χ4v) is 0.652. The summed E-state index contributed by atoms with van der Waals surface area (Å²) in [6, 6.07) is 0. The van der Waals surface area contributed by atoms with Crippen LogP contribution in [-0.4, -0.2) is 35.2 Å². The molecule has 1 saturated heterocycles. The van der Waals surface area contributed by atoms with Crippen molar-refractivity contribution in [1.29, 1.82) is 5.41 Å². The Labute approximate surface area is 47.4 Å². The molecule has 0 aromatic carbocycles. The Balaban J connectivity index is 2.25. The molecule has 4 N–H and O–H groups in total. The number of hydrogen-bond acceptors (Lipinski definition) is 2. The van der Waals surface area contributed by atoms with Gasteiger partial charge in [0.25, 0.3) is 0 Å². The average molecular weight is 115 g/mol. The molecule has 0 aromatic heterocycles. The van der Waals surface area contributed by atoms with Gasteiger partial charge in [0.1, 0.15) is 0 Å². The van der Waals surface area contributed by atoms with Crippen molar-refractivity contribution in [3.05, 3.63) is 0 Å². The SMILES string of the molecule is N=C(N)N1CC(O)C1. The maximum absolute atomic E-state index is 8.67. The van der Waals surface area contributed by atoms with Crippen molar-refractivity contribution in [3.63, 3.8) is 0 Å². The summed E-state index contributed by atoms with van der Waals surface area (Å²) in [6.45, 7) is 1.05. The molecule has 1 aliphatic heterocycles. The molecule has 0 aliphatic carbocycles. The van der Waals surface area contributed by atoms with E-state index in [4.69, 9.17) is 16.2 Å². The zero-order chi connectivity index (χ0) is 6.15. The zero-order valence-electron chi connectivity index (χ0n) is 4.46. The predicted molar refractivity (Wildman–Crippen MR) is 29.5 cm³/mol. The lowest BCUT2D eigenvalue weighted by atomic mass is 10.2. The minimum absolute atomic E-state index is 0.0512. The number of hydrogen-bond donors (Lipinski definition) is 3. The van der Waals surface area contributed by atoms with Crippen LogP contribution in [0.25, 0.3) is 0 Å². The van der Waals surface area contributed by atoms with E-state index in [0.717, 1.165) is 0 Å². The highest BCUT2D eigenvalue weighted by Crippen LogP contribution is 2.04. The van der Waals surface area contributed by atoms with Crippen molar-refractivity contribution in [3.8, 4) is 0 Å². The van der Waals surface area contributed by atoms with Gasteiger partial charge in [-0.3, -0.25) is 5.41 Å². The molecule has 0 unspecified atom stereocenters. The summed E-state index contributed by atoms with van der Waals surface area (Å²) >= 11 is 0. The Morgan fingerprint density at radius 2 is 2.25 bits per heavy atom. The maximum atomic E-state index is 8.67. The summed E-state index contributed by atoms with van der Waals surface area (Å²) in [6.07, 6.45) is -0.265.